The minimum absolute atomic E-state index is 0. The summed E-state index contributed by atoms with van der Waals surface area (Å²) in [5.41, 5.74) is 1.63. The molecule has 3 rings (SSSR count). The largest absolute Gasteiger partial charge is 0.352 e. The van der Waals surface area contributed by atoms with Gasteiger partial charge in [0.1, 0.15) is 0 Å². The molecular formula is C18H26ClN3O2. The van der Waals surface area contributed by atoms with Gasteiger partial charge in [-0.2, -0.15) is 0 Å². The minimum Gasteiger partial charge on any atom is -0.352 e. The second kappa shape index (κ2) is 9.04. The van der Waals surface area contributed by atoms with E-state index in [-0.39, 0.29) is 24.2 Å². The highest BCUT2D eigenvalue weighted by molar-refractivity contribution is 5.94. The molecule has 24 heavy (non-hydrogen) atoms. The lowest BCUT2D eigenvalue weighted by Gasteiger charge is -2.10. The van der Waals surface area contributed by atoms with Crippen LogP contribution >= 0.6 is 12.4 Å². The molecule has 1 aliphatic carbocycles. The lowest BCUT2D eigenvalue weighted by atomic mass is 10.0. The van der Waals surface area contributed by atoms with E-state index in [0.717, 1.165) is 37.9 Å². The van der Waals surface area contributed by atoms with Crippen LogP contribution in [0.25, 0.3) is 0 Å². The van der Waals surface area contributed by atoms with Crippen molar-refractivity contribution in [2.45, 2.75) is 44.7 Å². The highest BCUT2D eigenvalue weighted by atomic mass is 35.5. The highest BCUT2D eigenvalue weighted by Crippen LogP contribution is 2.19. The Kier molecular flexibility index (Phi) is 7.06. The van der Waals surface area contributed by atoms with Crippen LogP contribution in [-0.4, -0.2) is 30.9 Å². The number of rotatable bonds is 7. The molecule has 1 aliphatic heterocycles. The van der Waals surface area contributed by atoms with E-state index in [1.165, 1.54) is 6.42 Å². The predicted molar refractivity (Wildman–Crippen MR) is 96.2 cm³/mol. The summed E-state index contributed by atoms with van der Waals surface area (Å²) in [5, 5.41) is 9.25. The molecule has 132 valence electrons. The van der Waals surface area contributed by atoms with E-state index >= 15 is 0 Å². The summed E-state index contributed by atoms with van der Waals surface area (Å²) in [4.78, 5) is 24.0. The summed E-state index contributed by atoms with van der Waals surface area (Å²) in [7, 11) is 0. The van der Waals surface area contributed by atoms with Crippen LogP contribution in [0.15, 0.2) is 24.3 Å². The van der Waals surface area contributed by atoms with Crippen molar-refractivity contribution in [2.24, 2.45) is 5.92 Å². The molecule has 2 aliphatic rings. The third kappa shape index (κ3) is 5.80. The Labute approximate surface area is 149 Å². The smallest absolute Gasteiger partial charge is 0.251 e. The van der Waals surface area contributed by atoms with Crippen LogP contribution < -0.4 is 16.0 Å². The van der Waals surface area contributed by atoms with Crippen LogP contribution in [0.5, 0.6) is 0 Å². The Hall–Kier alpha value is -1.59. The van der Waals surface area contributed by atoms with E-state index in [1.54, 1.807) is 0 Å². The van der Waals surface area contributed by atoms with E-state index in [1.807, 2.05) is 24.3 Å². The van der Waals surface area contributed by atoms with Crippen LogP contribution in [0.3, 0.4) is 0 Å². The summed E-state index contributed by atoms with van der Waals surface area (Å²) < 4.78 is 0. The number of nitrogens with one attached hydrogen (secondary N) is 3. The van der Waals surface area contributed by atoms with Crippen LogP contribution in [0.1, 0.15) is 48.0 Å². The monoisotopic (exact) mass is 351 g/mol. The van der Waals surface area contributed by atoms with Crippen molar-refractivity contribution in [2.75, 3.05) is 13.1 Å². The fourth-order valence-electron chi connectivity index (χ4n) is 2.90. The standard InChI is InChI=1S/C18H25N3O2.ClH/c22-17(7-4-13-8-9-19-11-13)20-12-14-2-1-3-15(10-14)18(23)21-16-5-6-16;/h1-3,10,13,16,19H,4-9,11-12H2,(H,20,22)(H,21,23);1H. The lowest BCUT2D eigenvalue weighted by molar-refractivity contribution is -0.121. The molecule has 1 saturated heterocycles. The molecule has 3 N–H and O–H groups in total. The van der Waals surface area contributed by atoms with E-state index in [2.05, 4.69) is 16.0 Å². The van der Waals surface area contributed by atoms with Crippen molar-refractivity contribution in [3.63, 3.8) is 0 Å². The maximum Gasteiger partial charge on any atom is 0.251 e. The number of hydrogen-bond donors (Lipinski definition) is 3. The van der Waals surface area contributed by atoms with Gasteiger partial charge in [0.2, 0.25) is 5.91 Å². The van der Waals surface area contributed by atoms with Crippen molar-refractivity contribution < 1.29 is 9.59 Å². The van der Waals surface area contributed by atoms with Crippen LogP contribution in [0.2, 0.25) is 0 Å². The van der Waals surface area contributed by atoms with E-state index in [0.29, 0.717) is 30.5 Å². The van der Waals surface area contributed by atoms with Gasteiger partial charge >= 0.3 is 0 Å². The maximum absolute atomic E-state index is 12.0. The first-order chi connectivity index (χ1) is 11.2. The molecule has 0 aromatic heterocycles. The van der Waals surface area contributed by atoms with Gasteiger partial charge in [-0.3, -0.25) is 9.59 Å². The third-order valence-corrected chi connectivity index (χ3v) is 4.53. The molecule has 0 bridgehead atoms. The number of carbonyl (C=O) groups is 2. The van der Waals surface area contributed by atoms with Crippen molar-refractivity contribution in [1.82, 2.24) is 16.0 Å². The van der Waals surface area contributed by atoms with Gasteiger partial charge in [-0.05, 0) is 62.4 Å². The van der Waals surface area contributed by atoms with Crippen LogP contribution in [0.4, 0.5) is 0 Å². The zero-order chi connectivity index (χ0) is 16.1. The number of carbonyl (C=O) groups excluding carboxylic acids is 2. The fourth-order valence-corrected chi connectivity index (χ4v) is 2.90. The summed E-state index contributed by atoms with van der Waals surface area (Å²) in [6, 6.07) is 7.84. The quantitative estimate of drug-likeness (QED) is 0.703. The van der Waals surface area contributed by atoms with Crippen LogP contribution in [0, 0.1) is 5.92 Å². The van der Waals surface area contributed by atoms with Gasteiger partial charge in [0.25, 0.3) is 5.91 Å². The molecule has 1 aromatic carbocycles. The van der Waals surface area contributed by atoms with Gasteiger partial charge in [0.05, 0.1) is 0 Å². The van der Waals surface area contributed by atoms with Crippen molar-refractivity contribution in [1.29, 1.82) is 0 Å². The molecule has 1 atom stereocenters. The Bertz CT molecular complexity index is 569. The van der Waals surface area contributed by atoms with E-state index < -0.39 is 0 Å². The minimum atomic E-state index is -0.0191. The summed E-state index contributed by atoms with van der Waals surface area (Å²) in [6.07, 6.45) is 4.86. The molecule has 1 heterocycles. The SMILES string of the molecule is Cl.O=C(CCC1CCNC1)NCc1cccc(C(=O)NC2CC2)c1. The second-order valence-electron chi connectivity index (χ2n) is 6.62. The molecule has 0 spiro atoms. The maximum atomic E-state index is 12.0. The van der Waals surface area contributed by atoms with Gasteiger partial charge in [0, 0.05) is 24.6 Å². The Morgan fingerprint density at radius 1 is 1.21 bits per heavy atom. The van der Waals surface area contributed by atoms with Crippen molar-refractivity contribution >= 4 is 24.2 Å². The second-order valence-corrected chi connectivity index (χ2v) is 6.62. The zero-order valence-electron chi connectivity index (χ0n) is 13.8. The van der Waals surface area contributed by atoms with Gasteiger partial charge < -0.3 is 16.0 Å². The average molecular weight is 352 g/mol. The molecule has 2 amide bonds. The molecule has 5 nitrogen and oxygen atoms in total. The van der Waals surface area contributed by atoms with Gasteiger partial charge in [-0.15, -0.1) is 12.4 Å². The Balaban J connectivity index is 0.00000208. The molecule has 2 fully saturated rings. The Morgan fingerprint density at radius 3 is 2.75 bits per heavy atom. The fraction of sp³-hybridized carbons (Fsp3) is 0.556. The van der Waals surface area contributed by atoms with Gasteiger partial charge in [-0.25, -0.2) is 0 Å². The number of amides is 2. The summed E-state index contributed by atoms with van der Waals surface area (Å²) in [5.74, 6) is 0.703. The first-order valence-electron chi connectivity index (χ1n) is 8.58. The zero-order valence-corrected chi connectivity index (χ0v) is 14.7. The first-order valence-corrected chi connectivity index (χ1v) is 8.58. The molecule has 6 heteroatoms. The van der Waals surface area contributed by atoms with Crippen molar-refractivity contribution in [3.05, 3.63) is 35.4 Å². The van der Waals surface area contributed by atoms with E-state index in [4.69, 9.17) is 0 Å². The number of hydrogen-bond acceptors (Lipinski definition) is 3. The van der Waals surface area contributed by atoms with E-state index in [9.17, 15) is 9.59 Å². The normalized spacial score (nSPS) is 19.4. The average Bonchev–Trinajstić information content (AvgIpc) is 3.22. The molecule has 1 aromatic rings. The highest BCUT2D eigenvalue weighted by Gasteiger charge is 2.23. The van der Waals surface area contributed by atoms with Crippen molar-refractivity contribution in [3.8, 4) is 0 Å². The predicted octanol–water partition coefficient (Wildman–Crippen LogP) is 2.01. The Morgan fingerprint density at radius 2 is 2.04 bits per heavy atom. The summed E-state index contributed by atoms with van der Waals surface area (Å²) >= 11 is 0. The van der Waals surface area contributed by atoms with Gasteiger partial charge in [0.15, 0.2) is 0 Å². The van der Waals surface area contributed by atoms with Gasteiger partial charge in [-0.1, -0.05) is 12.1 Å². The first kappa shape index (κ1) is 18.7. The lowest BCUT2D eigenvalue weighted by Crippen LogP contribution is -2.26. The summed E-state index contributed by atoms with van der Waals surface area (Å²) in [6.45, 7) is 2.58. The molecule has 1 saturated carbocycles. The molecule has 1 unspecified atom stereocenters. The molecule has 0 radical (unpaired) electrons. The molecular weight excluding hydrogens is 326 g/mol. The number of benzene rings is 1. The number of halogens is 1. The van der Waals surface area contributed by atoms with Crippen LogP contribution in [-0.2, 0) is 11.3 Å². The topological polar surface area (TPSA) is 70.2 Å². The third-order valence-electron chi connectivity index (χ3n) is 4.53.